The highest BCUT2D eigenvalue weighted by molar-refractivity contribution is 8.13. The number of rotatable bonds is 5. The van der Waals surface area contributed by atoms with E-state index in [1.165, 1.54) is 12.1 Å². The van der Waals surface area contributed by atoms with Crippen LogP contribution in [0.4, 0.5) is 0 Å². The molecule has 1 aromatic carbocycles. The lowest BCUT2D eigenvalue weighted by molar-refractivity contribution is 0.349. The molecule has 0 bridgehead atoms. The highest BCUT2D eigenvalue weighted by Gasteiger charge is 2.17. The Morgan fingerprint density at radius 3 is 2.22 bits per heavy atom. The Kier molecular flexibility index (Phi) is 5.34. The lowest BCUT2D eigenvalue weighted by atomic mass is 10.2. The monoisotopic (exact) mass is 328 g/mol. The van der Waals surface area contributed by atoms with Crippen LogP contribution in [0.15, 0.2) is 29.2 Å². The third-order valence-electron chi connectivity index (χ3n) is 2.17. The largest absolute Gasteiger partial charge is 0.486 e. The number of hydrogen-bond donors (Lipinski definition) is 0. The zero-order valence-corrected chi connectivity index (χ0v) is 12.6. The van der Waals surface area contributed by atoms with E-state index in [4.69, 9.17) is 38.6 Å². The fourth-order valence-electron chi connectivity index (χ4n) is 1.09. The standard InChI is InChI=1S/C11H11Cl3O3S/c1-3-7(2)6-17-11-9(12)4-8(5-10(11)13)18(14,15)16/h4-5H,2-3,6H2,1H3. The summed E-state index contributed by atoms with van der Waals surface area (Å²) < 4.78 is 27.7. The number of benzene rings is 1. The molecule has 100 valence electrons. The van der Waals surface area contributed by atoms with Gasteiger partial charge in [-0.1, -0.05) is 36.7 Å². The van der Waals surface area contributed by atoms with E-state index in [0.717, 1.165) is 12.0 Å². The van der Waals surface area contributed by atoms with Gasteiger partial charge in [0.25, 0.3) is 9.05 Å². The van der Waals surface area contributed by atoms with Gasteiger partial charge >= 0.3 is 0 Å². The molecule has 0 aliphatic carbocycles. The third-order valence-corrected chi connectivity index (χ3v) is 4.07. The van der Waals surface area contributed by atoms with E-state index in [-0.39, 0.29) is 27.3 Å². The maximum atomic E-state index is 11.2. The van der Waals surface area contributed by atoms with Crippen molar-refractivity contribution in [1.29, 1.82) is 0 Å². The minimum absolute atomic E-state index is 0.0885. The topological polar surface area (TPSA) is 43.4 Å². The minimum Gasteiger partial charge on any atom is -0.486 e. The zero-order valence-electron chi connectivity index (χ0n) is 9.54. The van der Waals surface area contributed by atoms with Crippen LogP contribution in [-0.4, -0.2) is 15.0 Å². The van der Waals surface area contributed by atoms with Gasteiger partial charge < -0.3 is 4.74 Å². The second-order valence-corrected chi connectivity index (χ2v) is 6.93. The molecule has 3 nitrogen and oxygen atoms in total. The van der Waals surface area contributed by atoms with Gasteiger partial charge in [0.2, 0.25) is 0 Å². The van der Waals surface area contributed by atoms with E-state index in [9.17, 15) is 8.42 Å². The van der Waals surface area contributed by atoms with Gasteiger partial charge in [0.1, 0.15) is 6.61 Å². The van der Waals surface area contributed by atoms with Crippen molar-refractivity contribution in [3.05, 3.63) is 34.3 Å². The number of ether oxygens (including phenoxy) is 1. The first kappa shape index (κ1) is 15.6. The molecule has 0 saturated heterocycles. The van der Waals surface area contributed by atoms with Gasteiger partial charge in [0, 0.05) is 10.7 Å². The van der Waals surface area contributed by atoms with Crippen molar-refractivity contribution in [3.8, 4) is 5.75 Å². The Hall–Kier alpha value is -0.420. The van der Waals surface area contributed by atoms with Gasteiger partial charge in [0.05, 0.1) is 14.9 Å². The molecule has 0 aliphatic heterocycles. The van der Waals surface area contributed by atoms with Crippen LogP contribution in [-0.2, 0) is 9.05 Å². The molecule has 0 aromatic heterocycles. The average molecular weight is 330 g/mol. The zero-order chi connectivity index (χ0) is 13.9. The van der Waals surface area contributed by atoms with E-state index in [1.807, 2.05) is 6.92 Å². The second kappa shape index (κ2) is 6.15. The van der Waals surface area contributed by atoms with Crippen LogP contribution >= 0.6 is 33.9 Å². The summed E-state index contributed by atoms with van der Waals surface area (Å²) in [5.41, 5.74) is 0.871. The Labute approximate surface area is 121 Å². The first-order valence-corrected chi connectivity index (χ1v) is 8.05. The van der Waals surface area contributed by atoms with Crippen molar-refractivity contribution >= 4 is 42.9 Å². The summed E-state index contributed by atoms with van der Waals surface area (Å²) >= 11 is 11.8. The van der Waals surface area contributed by atoms with Crippen LogP contribution in [0.3, 0.4) is 0 Å². The van der Waals surface area contributed by atoms with Gasteiger partial charge in [-0.25, -0.2) is 8.42 Å². The van der Waals surface area contributed by atoms with Crippen LogP contribution in [0, 0.1) is 0 Å². The highest BCUT2D eigenvalue weighted by atomic mass is 35.7. The fraction of sp³-hybridized carbons (Fsp3) is 0.273. The van der Waals surface area contributed by atoms with E-state index in [2.05, 4.69) is 6.58 Å². The molecular weight excluding hydrogens is 319 g/mol. The SMILES string of the molecule is C=C(CC)COc1c(Cl)cc(S(=O)(=O)Cl)cc1Cl. The summed E-state index contributed by atoms with van der Waals surface area (Å²) in [6.07, 6.45) is 0.767. The molecular formula is C11H11Cl3O3S. The van der Waals surface area contributed by atoms with Gasteiger partial charge in [-0.15, -0.1) is 0 Å². The third kappa shape index (κ3) is 4.05. The van der Waals surface area contributed by atoms with Crippen molar-refractivity contribution in [2.45, 2.75) is 18.2 Å². The van der Waals surface area contributed by atoms with E-state index in [0.29, 0.717) is 0 Å². The molecule has 7 heteroatoms. The normalized spacial score (nSPS) is 11.3. The Balaban J connectivity index is 3.06. The van der Waals surface area contributed by atoms with Crippen molar-refractivity contribution in [1.82, 2.24) is 0 Å². The van der Waals surface area contributed by atoms with Crippen LogP contribution in [0.5, 0.6) is 5.75 Å². The molecule has 0 aliphatic rings. The first-order chi connectivity index (χ1) is 8.25. The Bertz CT molecular complexity index is 544. The average Bonchev–Trinajstić information content (AvgIpc) is 2.26. The predicted molar refractivity (Wildman–Crippen MR) is 74.4 cm³/mol. The maximum Gasteiger partial charge on any atom is 0.261 e. The quantitative estimate of drug-likeness (QED) is 0.598. The smallest absolute Gasteiger partial charge is 0.261 e. The van der Waals surface area contributed by atoms with E-state index < -0.39 is 9.05 Å². The van der Waals surface area contributed by atoms with Crippen molar-refractivity contribution in [2.75, 3.05) is 6.61 Å². The summed E-state index contributed by atoms with van der Waals surface area (Å²) in [7, 11) is 1.33. The van der Waals surface area contributed by atoms with Crippen LogP contribution in [0.1, 0.15) is 13.3 Å². The molecule has 1 aromatic rings. The fourth-order valence-corrected chi connectivity index (χ4v) is 2.60. The van der Waals surface area contributed by atoms with E-state index >= 15 is 0 Å². The molecule has 0 amide bonds. The predicted octanol–water partition coefficient (Wildman–Crippen LogP) is 4.27. The second-order valence-electron chi connectivity index (χ2n) is 3.55. The van der Waals surface area contributed by atoms with Crippen molar-refractivity contribution in [2.24, 2.45) is 0 Å². The first-order valence-electron chi connectivity index (χ1n) is 4.98. The van der Waals surface area contributed by atoms with Crippen LogP contribution in [0.2, 0.25) is 10.0 Å². The van der Waals surface area contributed by atoms with Crippen LogP contribution < -0.4 is 4.74 Å². The maximum absolute atomic E-state index is 11.2. The molecule has 18 heavy (non-hydrogen) atoms. The summed E-state index contributed by atoms with van der Waals surface area (Å²) in [6.45, 7) is 5.99. The molecule has 0 saturated carbocycles. The summed E-state index contributed by atoms with van der Waals surface area (Å²) in [5, 5.41) is 0.177. The molecule has 1 rings (SSSR count). The van der Waals surface area contributed by atoms with Gasteiger partial charge in [-0.2, -0.15) is 0 Å². The summed E-state index contributed by atoms with van der Waals surface area (Å²) in [5.74, 6) is 0.219. The molecule has 0 heterocycles. The molecule has 0 radical (unpaired) electrons. The molecule has 0 N–H and O–H groups in total. The Morgan fingerprint density at radius 2 is 1.83 bits per heavy atom. The van der Waals surface area contributed by atoms with Gasteiger partial charge in [0.15, 0.2) is 5.75 Å². The lowest BCUT2D eigenvalue weighted by Crippen LogP contribution is -2.01. The molecule has 0 unspecified atom stereocenters. The van der Waals surface area contributed by atoms with Crippen molar-refractivity contribution < 1.29 is 13.2 Å². The van der Waals surface area contributed by atoms with Gasteiger partial charge in [-0.05, 0) is 24.1 Å². The van der Waals surface area contributed by atoms with E-state index in [1.54, 1.807) is 0 Å². The minimum atomic E-state index is -3.87. The lowest BCUT2D eigenvalue weighted by Gasteiger charge is -2.11. The molecule has 0 spiro atoms. The number of hydrogen-bond acceptors (Lipinski definition) is 3. The molecule has 0 atom stereocenters. The molecule has 0 fully saturated rings. The van der Waals surface area contributed by atoms with Crippen LogP contribution in [0.25, 0.3) is 0 Å². The number of halogens is 3. The summed E-state index contributed by atoms with van der Waals surface area (Å²) in [6, 6.07) is 2.39. The Morgan fingerprint density at radius 1 is 1.33 bits per heavy atom. The van der Waals surface area contributed by atoms with Crippen molar-refractivity contribution in [3.63, 3.8) is 0 Å². The highest BCUT2D eigenvalue weighted by Crippen LogP contribution is 2.36. The summed E-state index contributed by atoms with van der Waals surface area (Å²) in [4.78, 5) is -0.166. The van der Waals surface area contributed by atoms with Gasteiger partial charge in [-0.3, -0.25) is 0 Å².